The largest absolute Gasteiger partial charge is 0.543 e. The quantitative estimate of drug-likeness (QED) is 0.224. The zero-order valence-corrected chi connectivity index (χ0v) is 21.7. The van der Waals surface area contributed by atoms with Crippen molar-refractivity contribution in [3.05, 3.63) is 123 Å². The first-order valence-electron chi connectivity index (χ1n) is 11.5. The number of nitrogens with zero attached hydrogens (tertiary/aromatic N) is 1. The Kier molecular flexibility index (Phi) is 8.30. The van der Waals surface area contributed by atoms with Crippen molar-refractivity contribution in [2.45, 2.75) is 24.0 Å². The summed E-state index contributed by atoms with van der Waals surface area (Å²) in [5, 5.41) is 3.68. The molecule has 0 aromatic heterocycles. The van der Waals surface area contributed by atoms with Crippen LogP contribution in [0.15, 0.2) is 102 Å². The Hall–Kier alpha value is -3.53. The number of sulfonamides is 1. The fourth-order valence-corrected chi connectivity index (χ4v) is 4.68. The van der Waals surface area contributed by atoms with Crippen LogP contribution in [0.25, 0.3) is 4.72 Å². The molecular weight excluding hydrogens is 537 g/mol. The molecule has 0 aliphatic heterocycles. The molecule has 0 aliphatic carbocycles. The zero-order valence-electron chi connectivity index (χ0n) is 20.1. The third-order valence-electron chi connectivity index (χ3n) is 5.61. The molecule has 1 unspecified atom stereocenters. The summed E-state index contributed by atoms with van der Waals surface area (Å²) < 4.78 is 75.4. The van der Waals surface area contributed by atoms with Gasteiger partial charge in [0.05, 0.1) is 5.56 Å². The number of rotatable bonds is 9. The number of aryl methyl sites for hydroxylation is 1. The van der Waals surface area contributed by atoms with E-state index in [1.54, 1.807) is 60.7 Å². The highest BCUT2D eigenvalue weighted by Gasteiger charge is 2.30. The molecule has 4 aromatic carbocycles. The monoisotopic (exact) mass is 559 g/mol. The molecular formula is C28H23ClF3N2O3S-. The molecule has 0 saturated heterocycles. The van der Waals surface area contributed by atoms with E-state index in [1.807, 2.05) is 6.92 Å². The van der Waals surface area contributed by atoms with Gasteiger partial charge in [0.15, 0.2) is 0 Å². The average Bonchev–Trinajstić information content (AvgIpc) is 2.89. The van der Waals surface area contributed by atoms with Gasteiger partial charge < -0.3 is 14.8 Å². The van der Waals surface area contributed by atoms with Crippen molar-refractivity contribution >= 4 is 27.3 Å². The number of hydrogen-bond donors (Lipinski definition) is 1. The highest BCUT2D eigenvalue weighted by Crippen LogP contribution is 2.33. The standard InChI is InChI=1S/C28H23ClF3N2O3S/c1-19-5-15-26(16-6-19)38(35,36)33-18-27(20-3-2-4-21(17-20)28(30,31)32)34-23-9-13-25(14-10-23)37-24-11-7-22(29)8-12-24/h2-17,27,34H,18H2,1H3/q-1. The molecule has 0 amide bonds. The van der Waals surface area contributed by atoms with Crippen molar-refractivity contribution in [1.29, 1.82) is 0 Å². The maximum absolute atomic E-state index is 13.4. The lowest BCUT2D eigenvalue weighted by Gasteiger charge is -2.29. The lowest BCUT2D eigenvalue weighted by Crippen LogP contribution is -2.18. The second kappa shape index (κ2) is 11.5. The molecule has 4 rings (SSSR count). The van der Waals surface area contributed by atoms with Gasteiger partial charge in [-0.05, 0) is 85.3 Å². The Bertz CT molecular complexity index is 1480. The molecule has 4 aromatic rings. The Morgan fingerprint density at radius 2 is 1.50 bits per heavy atom. The lowest BCUT2D eigenvalue weighted by molar-refractivity contribution is -0.137. The Balaban J connectivity index is 1.55. The van der Waals surface area contributed by atoms with Crippen LogP contribution in [0.2, 0.25) is 5.02 Å². The summed E-state index contributed by atoms with van der Waals surface area (Å²) in [7, 11) is -4.02. The lowest BCUT2D eigenvalue weighted by atomic mass is 10.0. The van der Waals surface area contributed by atoms with Crippen molar-refractivity contribution in [2.24, 2.45) is 0 Å². The number of nitrogens with one attached hydrogen (secondary N) is 1. The van der Waals surface area contributed by atoms with Gasteiger partial charge in [0.25, 0.3) is 0 Å². The fourth-order valence-electron chi connectivity index (χ4n) is 3.58. The van der Waals surface area contributed by atoms with Crippen LogP contribution in [0, 0.1) is 6.92 Å². The van der Waals surface area contributed by atoms with E-state index < -0.39 is 27.8 Å². The van der Waals surface area contributed by atoms with E-state index in [9.17, 15) is 21.6 Å². The van der Waals surface area contributed by atoms with Crippen LogP contribution in [-0.4, -0.2) is 15.0 Å². The molecule has 0 fully saturated rings. The van der Waals surface area contributed by atoms with Gasteiger partial charge in [-0.25, -0.2) is 8.42 Å². The number of alkyl halides is 3. The highest BCUT2D eigenvalue weighted by atomic mass is 35.5. The van der Waals surface area contributed by atoms with E-state index in [0.717, 1.165) is 17.7 Å². The number of ether oxygens (including phenoxy) is 1. The Morgan fingerprint density at radius 1 is 0.895 bits per heavy atom. The summed E-state index contributed by atoms with van der Waals surface area (Å²) >= 11 is 5.89. The molecule has 1 N–H and O–H groups in total. The van der Waals surface area contributed by atoms with Crippen LogP contribution in [0.5, 0.6) is 11.5 Å². The molecule has 0 spiro atoms. The maximum Gasteiger partial charge on any atom is 0.416 e. The topological polar surface area (TPSA) is 69.5 Å². The van der Waals surface area contributed by atoms with Gasteiger partial charge in [0.2, 0.25) is 0 Å². The van der Waals surface area contributed by atoms with E-state index >= 15 is 0 Å². The van der Waals surface area contributed by atoms with Gasteiger partial charge in [-0.15, -0.1) is 6.54 Å². The van der Waals surface area contributed by atoms with Crippen LogP contribution < -0.4 is 10.1 Å². The predicted molar refractivity (Wildman–Crippen MR) is 142 cm³/mol. The summed E-state index contributed by atoms with van der Waals surface area (Å²) in [4.78, 5) is 0.00888. The van der Waals surface area contributed by atoms with Crippen LogP contribution in [0.3, 0.4) is 0 Å². The molecule has 0 aliphatic rings. The van der Waals surface area contributed by atoms with Crippen molar-refractivity contribution < 1.29 is 26.3 Å². The Morgan fingerprint density at radius 3 is 2.11 bits per heavy atom. The normalized spacial score (nSPS) is 12.7. The number of hydrogen-bond acceptors (Lipinski definition) is 4. The van der Waals surface area contributed by atoms with Crippen LogP contribution >= 0.6 is 11.6 Å². The van der Waals surface area contributed by atoms with Gasteiger partial charge in [0.1, 0.15) is 21.5 Å². The van der Waals surface area contributed by atoms with Gasteiger partial charge in [-0.3, -0.25) is 0 Å². The van der Waals surface area contributed by atoms with Crippen LogP contribution in [-0.2, 0) is 16.2 Å². The maximum atomic E-state index is 13.4. The summed E-state index contributed by atoms with van der Waals surface area (Å²) in [6.45, 7) is 1.51. The first kappa shape index (κ1) is 27.5. The minimum Gasteiger partial charge on any atom is -0.543 e. The van der Waals surface area contributed by atoms with Gasteiger partial charge in [-0.2, -0.15) is 13.2 Å². The van der Waals surface area contributed by atoms with E-state index in [1.165, 1.54) is 24.3 Å². The van der Waals surface area contributed by atoms with Crippen molar-refractivity contribution in [3.8, 4) is 11.5 Å². The summed E-state index contributed by atoms with van der Waals surface area (Å²) in [6, 6.07) is 23.6. The highest BCUT2D eigenvalue weighted by molar-refractivity contribution is 7.94. The van der Waals surface area contributed by atoms with Crippen LogP contribution in [0.4, 0.5) is 18.9 Å². The molecule has 10 heteroatoms. The van der Waals surface area contributed by atoms with Crippen molar-refractivity contribution in [1.82, 2.24) is 0 Å². The summed E-state index contributed by atoms with van der Waals surface area (Å²) in [5.74, 6) is 1.11. The predicted octanol–water partition coefficient (Wildman–Crippen LogP) is 8.38. The van der Waals surface area contributed by atoms with Crippen molar-refractivity contribution in [3.63, 3.8) is 0 Å². The molecule has 38 heavy (non-hydrogen) atoms. The van der Waals surface area contributed by atoms with Gasteiger partial charge >= 0.3 is 6.18 Å². The fraction of sp³-hybridized carbons (Fsp3) is 0.143. The number of benzene rings is 4. The Labute approximate surface area is 224 Å². The second-order valence-electron chi connectivity index (χ2n) is 8.50. The average molecular weight is 560 g/mol. The summed E-state index contributed by atoms with van der Waals surface area (Å²) in [6.07, 6.45) is -4.55. The molecule has 1 atom stereocenters. The summed E-state index contributed by atoms with van der Waals surface area (Å²) in [5.41, 5.74) is 0.828. The van der Waals surface area contributed by atoms with E-state index in [-0.39, 0.29) is 17.0 Å². The van der Waals surface area contributed by atoms with Gasteiger partial charge in [-0.1, -0.05) is 41.4 Å². The molecule has 0 bridgehead atoms. The molecule has 0 heterocycles. The minimum absolute atomic E-state index is 0.00888. The van der Waals surface area contributed by atoms with E-state index in [0.29, 0.717) is 22.2 Å². The first-order chi connectivity index (χ1) is 18.0. The molecule has 0 saturated carbocycles. The number of halogens is 4. The SMILES string of the molecule is Cc1ccc(S(=O)(=O)[N-]CC(Nc2ccc(Oc3ccc(Cl)cc3)cc2)c2cccc(C(F)(F)F)c2)cc1. The molecule has 0 radical (unpaired) electrons. The molecule has 5 nitrogen and oxygen atoms in total. The smallest absolute Gasteiger partial charge is 0.416 e. The third-order valence-corrected chi connectivity index (χ3v) is 7.22. The molecule has 198 valence electrons. The van der Waals surface area contributed by atoms with E-state index in [2.05, 4.69) is 10.0 Å². The minimum atomic E-state index is -4.55. The van der Waals surface area contributed by atoms with Gasteiger partial charge in [0, 0.05) is 21.6 Å². The zero-order chi connectivity index (χ0) is 27.3. The number of anilines is 1. The first-order valence-corrected chi connectivity index (χ1v) is 13.3. The third kappa shape index (κ3) is 7.28. The second-order valence-corrected chi connectivity index (χ2v) is 10.6. The van der Waals surface area contributed by atoms with E-state index in [4.69, 9.17) is 16.3 Å². The van der Waals surface area contributed by atoms with Crippen molar-refractivity contribution in [2.75, 3.05) is 11.9 Å². The van der Waals surface area contributed by atoms with Crippen LogP contribution in [0.1, 0.15) is 22.7 Å².